The van der Waals surface area contributed by atoms with E-state index in [0.29, 0.717) is 22.0 Å². The van der Waals surface area contributed by atoms with Crippen LogP contribution in [0.3, 0.4) is 0 Å². The molecule has 0 atom stereocenters. The third kappa shape index (κ3) is 5.66. The standard InChI is InChI=1S/C24H25ClN2O3S/c1-16-5-11-22(14-17(16)2)27(31(4,29)30)15-19-6-8-20(9-7-19)24(28)26-23-12-10-21(25)13-18(23)3/h5-14H,15H2,1-4H3,(H,26,28). The van der Waals surface area contributed by atoms with E-state index in [1.165, 1.54) is 10.6 Å². The zero-order valence-corrected chi connectivity index (χ0v) is 19.5. The van der Waals surface area contributed by atoms with E-state index in [4.69, 9.17) is 11.6 Å². The predicted octanol–water partition coefficient (Wildman–Crippen LogP) is 5.48. The van der Waals surface area contributed by atoms with Crippen molar-refractivity contribution >= 4 is 38.9 Å². The maximum absolute atomic E-state index is 12.6. The molecule has 5 nitrogen and oxygen atoms in total. The number of carbonyl (C=O) groups excluding carboxylic acids is 1. The molecule has 0 aliphatic carbocycles. The number of nitrogens with one attached hydrogen (secondary N) is 1. The lowest BCUT2D eigenvalue weighted by Gasteiger charge is -2.23. The number of carbonyl (C=O) groups is 1. The molecule has 0 aromatic heterocycles. The first-order valence-electron chi connectivity index (χ1n) is 9.76. The van der Waals surface area contributed by atoms with E-state index in [1.54, 1.807) is 48.5 Å². The summed E-state index contributed by atoms with van der Waals surface area (Å²) in [5, 5.41) is 3.48. The molecule has 0 aliphatic rings. The van der Waals surface area contributed by atoms with Crippen molar-refractivity contribution in [3.63, 3.8) is 0 Å². The zero-order valence-electron chi connectivity index (χ0n) is 17.9. The Balaban J connectivity index is 1.79. The van der Waals surface area contributed by atoms with Gasteiger partial charge in [0.05, 0.1) is 18.5 Å². The van der Waals surface area contributed by atoms with Crippen molar-refractivity contribution in [3.05, 3.63) is 93.5 Å². The third-order valence-corrected chi connectivity index (χ3v) is 6.53. The van der Waals surface area contributed by atoms with E-state index >= 15 is 0 Å². The molecule has 31 heavy (non-hydrogen) atoms. The smallest absolute Gasteiger partial charge is 0.255 e. The van der Waals surface area contributed by atoms with Crippen LogP contribution in [0.15, 0.2) is 60.7 Å². The number of amides is 1. The molecule has 1 N–H and O–H groups in total. The first-order chi connectivity index (χ1) is 14.5. The molecule has 0 aliphatic heterocycles. The molecule has 0 saturated heterocycles. The maximum atomic E-state index is 12.6. The summed E-state index contributed by atoms with van der Waals surface area (Å²) in [5.74, 6) is -0.244. The first-order valence-corrected chi connectivity index (χ1v) is 12.0. The topological polar surface area (TPSA) is 66.5 Å². The third-order valence-electron chi connectivity index (χ3n) is 5.16. The van der Waals surface area contributed by atoms with E-state index in [2.05, 4.69) is 5.32 Å². The van der Waals surface area contributed by atoms with Crippen molar-refractivity contribution in [3.8, 4) is 0 Å². The summed E-state index contributed by atoms with van der Waals surface area (Å²) < 4.78 is 26.2. The Labute approximate surface area is 188 Å². The normalized spacial score (nSPS) is 11.3. The lowest BCUT2D eigenvalue weighted by atomic mass is 10.1. The maximum Gasteiger partial charge on any atom is 0.255 e. The second-order valence-corrected chi connectivity index (χ2v) is 9.99. The lowest BCUT2D eigenvalue weighted by Crippen LogP contribution is -2.29. The van der Waals surface area contributed by atoms with Crippen molar-refractivity contribution in [1.29, 1.82) is 0 Å². The van der Waals surface area contributed by atoms with Crippen LogP contribution >= 0.6 is 11.6 Å². The van der Waals surface area contributed by atoms with E-state index < -0.39 is 10.0 Å². The lowest BCUT2D eigenvalue weighted by molar-refractivity contribution is 0.102. The number of aryl methyl sites for hydroxylation is 3. The molecule has 0 heterocycles. The number of benzene rings is 3. The quantitative estimate of drug-likeness (QED) is 0.533. The Morgan fingerprint density at radius 2 is 1.58 bits per heavy atom. The van der Waals surface area contributed by atoms with Gasteiger partial charge in [-0.1, -0.05) is 29.8 Å². The molecule has 162 valence electrons. The van der Waals surface area contributed by atoms with Crippen molar-refractivity contribution in [1.82, 2.24) is 0 Å². The van der Waals surface area contributed by atoms with Crippen molar-refractivity contribution in [2.45, 2.75) is 27.3 Å². The summed E-state index contributed by atoms with van der Waals surface area (Å²) in [6, 6.07) is 17.8. The average Bonchev–Trinajstić information content (AvgIpc) is 2.70. The number of sulfonamides is 1. The highest BCUT2D eigenvalue weighted by Crippen LogP contribution is 2.24. The average molecular weight is 457 g/mol. The van der Waals surface area contributed by atoms with E-state index in [9.17, 15) is 13.2 Å². The Hall–Kier alpha value is -2.83. The molecule has 0 fully saturated rings. The molecule has 0 spiro atoms. The van der Waals surface area contributed by atoms with Gasteiger partial charge in [0, 0.05) is 16.3 Å². The molecule has 3 rings (SSSR count). The molecule has 3 aromatic rings. The molecule has 7 heteroatoms. The monoisotopic (exact) mass is 456 g/mol. The Morgan fingerprint density at radius 1 is 0.903 bits per heavy atom. The van der Waals surface area contributed by atoms with Gasteiger partial charge in [-0.15, -0.1) is 0 Å². The van der Waals surface area contributed by atoms with Crippen LogP contribution in [-0.4, -0.2) is 20.6 Å². The Morgan fingerprint density at radius 3 is 2.16 bits per heavy atom. The van der Waals surface area contributed by atoms with Crippen LogP contribution in [0.2, 0.25) is 5.02 Å². The second-order valence-electron chi connectivity index (χ2n) is 7.65. The van der Waals surface area contributed by atoms with Gasteiger partial charge in [0.2, 0.25) is 10.0 Å². The Bertz CT molecular complexity index is 1220. The SMILES string of the molecule is Cc1ccc(N(Cc2ccc(C(=O)Nc3ccc(Cl)cc3C)cc2)S(C)(=O)=O)cc1C. The Kier molecular flexibility index (Phi) is 6.72. The molecule has 0 bridgehead atoms. The number of anilines is 2. The van der Waals surface area contributed by atoms with E-state index in [0.717, 1.165) is 22.3 Å². The fourth-order valence-electron chi connectivity index (χ4n) is 3.17. The molecular formula is C24H25ClN2O3S. The number of hydrogen-bond donors (Lipinski definition) is 1. The van der Waals surface area contributed by atoms with Crippen molar-refractivity contribution < 1.29 is 13.2 Å². The van der Waals surface area contributed by atoms with Gasteiger partial charge in [-0.2, -0.15) is 0 Å². The minimum atomic E-state index is -3.48. The van der Waals surface area contributed by atoms with Crippen LogP contribution in [-0.2, 0) is 16.6 Å². The largest absolute Gasteiger partial charge is 0.322 e. The van der Waals surface area contributed by atoms with Gasteiger partial charge in [0.15, 0.2) is 0 Å². The summed E-state index contributed by atoms with van der Waals surface area (Å²) in [6.07, 6.45) is 1.19. The predicted molar refractivity (Wildman–Crippen MR) is 128 cm³/mol. The summed E-state index contributed by atoms with van der Waals surface area (Å²) in [4.78, 5) is 12.6. The summed E-state index contributed by atoms with van der Waals surface area (Å²) >= 11 is 5.96. The van der Waals surface area contributed by atoms with Gasteiger partial charge in [0.25, 0.3) is 5.91 Å². The van der Waals surface area contributed by atoms with Gasteiger partial charge >= 0.3 is 0 Å². The molecule has 1 amide bonds. The second kappa shape index (κ2) is 9.12. The molecule has 0 saturated carbocycles. The van der Waals surface area contributed by atoms with Crippen LogP contribution in [0, 0.1) is 20.8 Å². The minimum absolute atomic E-state index is 0.180. The molecular weight excluding hydrogens is 432 g/mol. The van der Waals surface area contributed by atoms with Crippen LogP contribution in [0.1, 0.15) is 32.6 Å². The number of rotatable bonds is 6. The summed E-state index contributed by atoms with van der Waals surface area (Å²) in [6.45, 7) is 5.99. The number of hydrogen-bond acceptors (Lipinski definition) is 3. The summed E-state index contributed by atoms with van der Waals surface area (Å²) in [7, 11) is -3.48. The molecule has 3 aromatic carbocycles. The highest BCUT2D eigenvalue weighted by atomic mass is 35.5. The van der Waals surface area contributed by atoms with Gasteiger partial charge in [0.1, 0.15) is 0 Å². The van der Waals surface area contributed by atoms with Crippen molar-refractivity contribution in [2.75, 3.05) is 15.9 Å². The fourth-order valence-corrected chi connectivity index (χ4v) is 4.28. The van der Waals surface area contributed by atoms with E-state index in [-0.39, 0.29) is 12.5 Å². The van der Waals surface area contributed by atoms with Crippen LogP contribution in [0.5, 0.6) is 0 Å². The van der Waals surface area contributed by atoms with Gasteiger partial charge in [-0.3, -0.25) is 9.10 Å². The highest BCUT2D eigenvalue weighted by molar-refractivity contribution is 7.92. The van der Waals surface area contributed by atoms with E-state index in [1.807, 2.05) is 32.9 Å². The van der Waals surface area contributed by atoms with Gasteiger partial charge in [-0.05, 0) is 85.5 Å². The zero-order chi connectivity index (χ0) is 22.8. The fraction of sp³-hybridized carbons (Fsp3) is 0.208. The number of nitrogens with zero attached hydrogens (tertiary/aromatic N) is 1. The van der Waals surface area contributed by atoms with Crippen LogP contribution in [0.4, 0.5) is 11.4 Å². The molecule has 0 unspecified atom stereocenters. The number of halogens is 1. The highest BCUT2D eigenvalue weighted by Gasteiger charge is 2.19. The minimum Gasteiger partial charge on any atom is -0.322 e. The van der Waals surface area contributed by atoms with Crippen LogP contribution in [0.25, 0.3) is 0 Å². The van der Waals surface area contributed by atoms with Gasteiger partial charge in [-0.25, -0.2) is 8.42 Å². The molecule has 0 radical (unpaired) electrons. The van der Waals surface area contributed by atoms with Crippen LogP contribution < -0.4 is 9.62 Å². The summed E-state index contributed by atoms with van der Waals surface area (Å²) in [5.41, 5.74) is 5.56. The first kappa shape index (κ1) is 22.8. The van der Waals surface area contributed by atoms with Gasteiger partial charge < -0.3 is 5.32 Å². The van der Waals surface area contributed by atoms with Crippen molar-refractivity contribution in [2.24, 2.45) is 0 Å².